The quantitative estimate of drug-likeness (QED) is 0.0197. The minimum atomic E-state index is -4.76. The molecule has 0 saturated heterocycles. The van der Waals surface area contributed by atoms with Gasteiger partial charge in [0.2, 0.25) is 0 Å². The van der Waals surface area contributed by atoms with E-state index >= 15 is 0 Å². The average Bonchev–Trinajstić information content (AvgIpc) is 3.43. The Morgan fingerprint density at radius 2 is 0.628 bits per heavy atom. The Bertz CT molecular complexity index is 1590. The monoisotopic (exact) mass is 1120 g/mol. The van der Waals surface area contributed by atoms with E-state index in [-0.39, 0.29) is 25.9 Å². The number of ether oxygens (including phenoxy) is 3. The normalized spacial score (nSPS) is 13.8. The number of carbonyl (C=O) groups excluding carboxylic acids is 3. The lowest BCUT2D eigenvalue weighted by Crippen LogP contribution is -2.30. The highest BCUT2D eigenvalue weighted by atomic mass is 31.2. The Balaban J connectivity index is 4.69. The van der Waals surface area contributed by atoms with Crippen molar-refractivity contribution in [1.29, 1.82) is 0 Å². The zero-order valence-electron chi connectivity index (χ0n) is 50.1. The Hall–Kier alpha value is -3.08. The number of allylic oxidation sites excluding steroid dienone is 12. The van der Waals surface area contributed by atoms with Crippen molar-refractivity contribution in [2.45, 2.75) is 303 Å². The fraction of sp³-hybridized carbons (Fsp3) is 0.773. The topological polar surface area (TPSA) is 155 Å². The molecule has 0 bridgehead atoms. The van der Waals surface area contributed by atoms with Gasteiger partial charge in [-0.2, -0.15) is 0 Å². The number of esters is 3. The number of rotatable bonds is 59. The first-order valence-electron chi connectivity index (χ1n) is 31.8. The second-order valence-electron chi connectivity index (χ2n) is 21.2. The molecule has 0 rings (SSSR count). The lowest BCUT2D eigenvalue weighted by molar-refractivity contribution is -0.161. The van der Waals surface area contributed by atoms with Crippen LogP contribution in [-0.2, 0) is 42.2 Å². The van der Waals surface area contributed by atoms with E-state index in [1.807, 2.05) is 0 Å². The molecule has 3 unspecified atom stereocenters. The summed E-state index contributed by atoms with van der Waals surface area (Å²) in [5.41, 5.74) is 0. The molecule has 3 atom stereocenters. The Morgan fingerprint density at radius 1 is 0.359 bits per heavy atom. The molecule has 2 N–H and O–H groups in total. The maximum Gasteiger partial charge on any atom is 0.472 e. The predicted molar refractivity (Wildman–Crippen MR) is 325 cm³/mol. The third-order valence-corrected chi connectivity index (χ3v) is 14.6. The number of aliphatic hydroxyl groups is 1. The molecule has 452 valence electrons. The number of unbranched alkanes of at least 4 members (excludes halogenated alkanes) is 30. The molecule has 0 aromatic carbocycles. The Labute approximate surface area is 478 Å². The van der Waals surface area contributed by atoms with Crippen LogP contribution in [0.5, 0.6) is 0 Å². The van der Waals surface area contributed by atoms with Crippen molar-refractivity contribution in [3.63, 3.8) is 0 Å². The molecule has 0 aliphatic carbocycles. The molecule has 0 spiro atoms. The summed E-state index contributed by atoms with van der Waals surface area (Å²) in [7, 11) is -4.76. The van der Waals surface area contributed by atoms with Crippen molar-refractivity contribution >= 4 is 25.7 Å². The van der Waals surface area contributed by atoms with E-state index in [0.717, 1.165) is 122 Å². The van der Waals surface area contributed by atoms with Crippen LogP contribution in [0, 0.1) is 0 Å². The maximum absolute atomic E-state index is 12.9. The third kappa shape index (κ3) is 57.6. The van der Waals surface area contributed by atoms with E-state index in [0.29, 0.717) is 19.3 Å². The number of phosphoric acid groups is 1. The number of carbonyl (C=O) groups is 3. The third-order valence-electron chi connectivity index (χ3n) is 13.6. The van der Waals surface area contributed by atoms with Gasteiger partial charge in [0.1, 0.15) is 12.7 Å². The first-order chi connectivity index (χ1) is 38.2. The maximum atomic E-state index is 12.9. The molecule has 0 amide bonds. The molecule has 0 aliphatic rings. The van der Waals surface area contributed by atoms with E-state index in [9.17, 15) is 28.9 Å². The van der Waals surface area contributed by atoms with Gasteiger partial charge in [0.15, 0.2) is 6.10 Å². The van der Waals surface area contributed by atoms with Crippen molar-refractivity contribution in [1.82, 2.24) is 0 Å². The van der Waals surface area contributed by atoms with E-state index < -0.39 is 57.8 Å². The van der Waals surface area contributed by atoms with E-state index in [4.69, 9.17) is 23.3 Å². The second-order valence-corrected chi connectivity index (χ2v) is 22.7. The molecule has 0 fully saturated rings. The minimum absolute atomic E-state index is 0.152. The molecule has 0 aliphatic heterocycles. The van der Waals surface area contributed by atoms with Crippen LogP contribution in [0.4, 0.5) is 0 Å². The van der Waals surface area contributed by atoms with Gasteiger partial charge in [0.25, 0.3) is 0 Å². The van der Waals surface area contributed by atoms with Crippen molar-refractivity contribution in [3.8, 4) is 0 Å². The van der Waals surface area contributed by atoms with E-state index in [2.05, 4.69) is 93.7 Å². The van der Waals surface area contributed by atoms with Gasteiger partial charge in [0.05, 0.1) is 19.8 Å². The van der Waals surface area contributed by atoms with Gasteiger partial charge in [-0.25, -0.2) is 4.57 Å². The summed E-state index contributed by atoms with van der Waals surface area (Å²) >= 11 is 0. The van der Waals surface area contributed by atoms with Crippen LogP contribution in [0.15, 0.2) is 72.9 Å². The summed E-state index contributed by atoms with van der Waals surface area (Å²) in [5.74, 6) is -1.48. The number of aliphatic hydroxyl groups excluding tert-OH is 1. The van der Waals surface area contributed by atoms with Gasteiger partial charge >= 0.3 is 25.7 Å². The summed E-state index contributed by atoms with van der Waals surface area (Å²) in [6.45, 7) is 4.60. The van der Waals surface area contributed by atoms with E-state index in [1.165, 1.54) is 109 Å². The van der Waals surface area contributed by atoms with Crippen molar-refractivity contribution in [2.24, 2.45) is 0 Å². The molecule has 12 heteroatoms. The summed E-state index contributed by atoms with van der Waals surface area (Å²) in [6.07, 6.45) is 68.4. The second kappa shape index (κ2) is 60.0. The van der Waals surface area contributed by atoms with Crippen LogP contribution in [0.1, 0.15) is 290 Å². The van der Waals surface area contributed by atoms with Crippen LogP contribution < -0.4 is 0 Å². The molecule has 0 saturated carbocycles. The van der Waals surface area contributed by atoms with Gasteiger partial charge in [-0.3, -0.25) is 23.4 Å². The molecule has 78 heavy (non-hydrogen) atoms. The molecular formula is C66H117O11P. The zero-order chi connectivity index (χ0) is 56.9. The SMILES string of the molecule is CCCCC/C=C\C/C=C\C/C=C\CCCCCCCCC(=O)OC(CO)COP(=O)(O)OCC(COC(=O)CCCCCCCCCCCCCCC)OC(=O)CCCCCCCC/C=C\C/C=C\C/C=C\CCCCC. The highest BCUT2D eigenvalue weighted by molar-refractivity contribution is 7.47. The molecule has 0 radical (unpaired) electrons. The largest absolute Gasteiger partial charge is 0.472 e. The lowest BCUT2D eigenvalue weighted by atomic mass is 10.0. The van der Waals surface area contributed by atoms with Crippen LogP contribution in [-0.4, -0.2) is 66.5 Å². The highest BCUT2D eigenvalue weighted by Crippen LogP contribution is 2.43. The van der Waals surface area contributed by atoms with Gasteiger partial charge < -0.3 is 24.2 Å². The number of hydrogen-bond acceptors (Lipinski definition) is 10. The van der Waals surface area contributed by atoms with Crippen molar-refractivity contribution in [2.75, 3.05) is 26.4 Å². The Kier molecular flexibility index (Phi) is 57.7. The first-order valence-corrected chi connectivity index (χ1v) is 33.3. The van der Waals surface area contributed by atoms with Gasteiger partial charge in [0, 0.05) is 19.3 Å². The van der Waals surface area contributed by atoms with Crippen LogP contribution >= 0.6 is 7.82 Å². The van der Waals surface area contributed by atoms with Crippen molar-refractivity contribution in [3.05, 3.63) is 72.9 Å². The van der Waals surface area contributed by atoms with E-state index in [1.54, 1.807) is 0 Å². The predicted octanol–water partition coefficient (Wildman–Crippen LogP) is 19.3. The number of hydrogen-bond donors (Lipinski definition) is 2. The smallest absolute Gasteiger partial charge is 0.462 e. The number of phosphoric ester groups is 1. The van der Waals surface area contributed by atoms with Gasteiger partial charge in [-0.15, -0.1) is 0 Å². The highest BCUT2D eigenvalue weighted by Gasteiger charge is 2.28. The molecule has 0 aromatic rings. The molecule has 11 nitrogen and oxygen atoms in total. The van der Waals surface area contributed by atoms with Gasteiger partial charge in [-0.05, 0) is 96.3 Å². The summed E-state index contributed by atoms with van der Waals surface area (Å²) in [5, 5.41) is 9.85. The standard InChI is InChI=1S/C66H117O11P/c1-4-7-10-13-16-19-22-25-27-29-31-33-35-38-41-44-47-50-53-56-65(69)76-62(58-67)60-74-78(71,72)75-61-63(59-73-64(68)55-52-49-46-43-40-37-24-21-18-15-12-9-6-3)77-66(70)57-54-51-48-45-42-39-36-34-32-30-28-26-23-20-17-14-11-8-5-2/h16-17,19-20,25-28,31-34,62-63,67H,4-15,18,21-24,29-30,35-61H2,1-3H3,(H,71,72)/b19-16-,20-17-,27-25-,28-26-,33-31-,34-32-. The molecule has 0 heterocycles. The van der Waals surface area contributed by atoms with Crippen LogP contribution in [0.3, 0.4) is 0 Å². The fourth-order valence-electron chi connectivity index (χ4n) is 8.72. The first kappa shape index (κ1) is 74.9. The van der Waals surface area contributed by atoms with Gasteiger partial charge in [-0.1, -0.05) is 248 Å². The molecular weight excluding hydrogens is 1000 g/mol. The lowest BCUT2D eigenvalue weighted by Gasteiger charge is -2.21. The molecule has 0 aromatic heterocycles. The van der Waals surface area contributed by atoms with Crippen molar-refractivity contribution < 1.29 is 52.2 Å². The summed E-state index contributed by atoms with van der Waals surface area (Å²) in [6, 6.07) is 0. The minimum Gasteiger partial charge on any atom is -0.462 e. The summed E-state index contributed by atoms with van der Waals surface area (Å²) in [4.78, 5) is 48.7. The van der Waals surface area contributed by atoms with Crippen LogP contribution in [0.2, 0.25) is 0 Å². The van der Waals surface area contributed by atoms with Crippen LogP contribution in [0.25, 0.3) is 0 Å². The zero-order valence-corrected chi connectivity index (χ0v) is 51.0. The summed E-state index contributed by atoms with van der Waals surface area (Å²) < 4.78 is 39.6. The fourth-order valence-corrected chi connectivity index (χ4v) is 9.51. The average molecular weight is 1120 g/mol. The Morgan fingerprint density at radius 3 is 0.987 bits per heavy atom.